The zero-order valence-corrected chi connectivity index (χ0v) is 17.8. The number of carbonyl (C=O) groups is 2. The standard InChI is InChI=1S/C22H26ClFN2O3/c1-5-19(22(28)25-4)26(12-16-6-8-17(24)9-7-16)20(27)13-29-18-10-14(2)21(23)15(3)11-18/h6-11,19H,5,12-13H2,1-4H3,(H,25,28)/t19-/m1/s1. The van der Waals surface area contributed by atoms with Gasteiger partial charge in [0.05, 0.1) is 0 Å². The number of rotatable bonds is 8. The van der Waals surface area contributed by atoms with Crippen molar-refractivity contribution in [1.29, 1.82) is 0 Å². The van der Waals surface area contributed by atoms with Crippen LogP contribution < -0.4 is 10.1 Å². The Morgan fingerprint density at radius 1 is 1.17 bits per heavy atom. The molecule has 29 heavy (non-hydrogen) atoms. The molecule has 0 aliphatic heterocycles. The maximum atomic E-state index is 13.2. The molecule has 0 saturated carbocycles. The zero-order chi connectivity index (χ0) is 21.6. The molecule has 2 aromatic rings. The highest BCUT2D eigenvalue weighted by molar-refractivity contribution is 6.32. The van der Waals surface area contributed by atoms with Crippen molar-refractivity contribution in [3.63, 3.8) is 0 Å². The number of ether oxygens (including phenoxy) is 1. The number of likely N-dealkylation sites (N-methyl/N-ethyl adjacent to an activating group) is 1. The Bertz CT molecular complexity index is 848. The van der Waals surface area contributed by atoms with Gasteiger partial charge in [0.15, 0.2) is 6.61 Å². The van der Waals surface area contributed by atoms with E-state index in [-0.39, 0.29) is 30.8 Å². The molecule has 2 aromatic carbocycles. The molecule has 1 atom stereocenters. The van der Waals surface area contributed by atoms with E-state index in [1.165, 1.54) is 24.1 Å². The second-order valence-corrected chi connectivity index (χ2v) is 7.22. The number of halogens is 2. The molecule has 2 amide bonds. The largest absolute Gasteiger partial charge is 0.484 e. The van der Waals surface area contributed by atoms with Gasteiger partial charge in [-0.2, -0.15) is 0 Å². The highest BCUT2D eigenvalue weighted by atomic mass is 35.5. The summed E-state index contributed by atoms with van der Waals surface area (Å²) in [4.78, 5) is 26.7. The van der Waals surface area contributed by atoms with Gasteiger partial charge in [-0.1, -0.05) is 30.7 Å². The molecule has 156 valence electrons. The molecule has 0 aliphatic carbocycles. The van der Waals surface area contributed by atoms with Gasteiger partial charge in [-0.05, 0) is 61.2 Å². The van der Waals surface area contributed by atoms with E-state index in [1.54, 1.807) is 24.3 Å². The quantitative estimate of drug-likeness (QED) is 0.701. The minimum atomic E-state index is -0.658. The van der Waals surface area contributed by atoms with Crippen LogP contribution in [0.3, 0.4) is 0 Å². The van der Waals surface area contributed by atoms with Crippen LogP contribution in [0.2, 0.25) is 5.02 Å². The average Bonchev–Trinajstić information content (AvgIpc) is 2.71. The Balaban J connectivity index is 2.21. The molecule has 0 aliphatic rings. The van der Waals surface area contributed by atoms with Crippen LogP contribution in [0.1, 0.15) is 30.0 Å². The third-order valence-corrected chi connectivity index (χ3v) is 5.27. The summed E-state index contributed by atoms with van der Waals surface area (Å²) in [6.07, 6.45) is 0.436. The average molecular weight is 421 g/mol. The molecule has 0 radical (unpaired) electrons. The molecule has 0 unspecified atom stereocenters. The predicted octanol–water partition coefficient (Wildman–Crippen LogP) is 4.03. The number of hydrogen-bond acceptors (Lipinski definition) is 3. The molecule has 2 rings (SSSR count). The summed E-state index contributed by atoms with van der Waals surface area (Å²) in [6, 6.07) is 8.72. The van der Waals surface area contributed by atoms with Crippen molar-refractivity contribution < 1.29 is 18.7 Å². The summed E-state index contributed by atoms with van der Waals surface area (Å²) in [7, 11) is 1.53. The van der Waals surface area contributed by atoms with Crippen molar-refractivity contribution in [2.75, 3.05) is 13.7 Å². The lowest BCUT2D eigenvalue weighted by molar-refractivity contribution is -0.142. The summed E-state index contributed by atoms with van der Waals surface area (Å²) < 4.78 is 18.9. The third-order valence-electron chi connectivity index (χ3n) is 4.67. The van der Waals surface area contributed by atoms with Crippen molar-refractivity contribution in [1.82, 2.24) is 10.2 Å². The number of hydrogen-bond donors (Lipinski definition) is 1. The number of carbonyl (C=O) groups excluding carboxylic acids is 2. The van der Waals surface area contributed by atoms with Crippen molar-refractivity contribution in [2.24, 2.45) is 0 Å². The van der Waals surface area contributed by atoms with E-state index < -0.39 is 6.04 Å². The lowest BCUT2D eigenvalue weighted by atomic mass is 10.1. The Kier molecular flexibility index (Phi) is 8.02. The third kappa shape index (κ3) is 5.94. The predicted molar refractivity (Wildman–Crippen MR) is 112 cm³/mol. The van der Waals surface area contributed by atoms with Gasteiger partial charge in [-0.3, -0.25) is 9.59 Å². The van der Waals surface area contributed by atoms with Crippen LogP contribution in [-0.4, -0.2) is 36.4 Å². The number of aryl methyl sites for hydroxylation is 2. The van der Waals surface area contributed by atoms with Crippen LogP contribution >= 0.6 is 11.6 Å². The van der Waals surface area contributed by atoms with Crippen LogP contribution in [0.25, 0.3) is 0 Å². The van der Waals surface area contributed by atoms with Crippen LogP contribution in [0.5, 0.6) is 5.75 Å². The summed E-state index contributed by atoms with van der Waals surface area (Å²) in [5.74, 6) is -0.426. The molecular weight excluding hydrogens is 395 g/mol. The van der Waals surface area contributed by atoms with Crippen LogP contribution in [0, 0.1) is 19.7 Å². The number of nitrogens with zero attached hydrogens (tertiary/aromatic N) is 1. The maximum absolute atomic E-state index is 13.2. The Morgan fingerprint density at radius 3 is 2.28 bits per heavy atom. The molecule has 5 nitrogen and oxygen atoms in total. The summed E-state index contributed by atoms with van der Waals surface area (Å²) in [6.45, 7) is 5.51. The summed E-state index contributed by atoms with van der Waals surface area (Å²) in [5.41, 5.74) is 2.43. The first-order valence-corrected chi connectivity index (χ1v) is 9.79. The second kappa shape index (κ2) is 10.3. The number of nitrogens with one attached hydrogen (secondary N) is 1. The molecule has 0 heterocycles. The maximum Gasteiger partial charge on any atom is 0.261 e. The summed E-state index contributed by atoms with van der Waals surface area (Å²) in [5, 5.41) is 3.25. The van der Waals surface area contributed by atoms with Gasteiger partial charge < -0.3 is 15.0 Å². The van der Waals surface area contributed by atoms with E-state index >= 15 is 0 Å². The molecule has 1 N–H and O–H groups in total. The zero-order valence-electron chi connectivity index (χ0n) is 17.1. The fourth-order valence-electron chi connectivity index (χ4n) is 3.09. The van der Waals surface area contributed by atoms with E-state index in [0.29, 0.717) is 17.2 Å². The topological polar surface area (TPSA) is 58.6 Å². The Labute approximate surface area is 175 Å². The molecule has 0 saturated heterocycles. The minimum absolute atomic E-state index is 0.174. The smallest absolute Gasteiger partial charge is 0.261 e. The first kappa shape index (κ1) is 22.7. The molecule has 0 bridgehead atoms. The van der Waals surface area contributed by atoms with Crippen molar-refractivity contribution in [3.8, 4) is 5.75 Å². The first-order chi connectivity index (χ1) is 13.8. The summed E-state index contributed by atoms with van der Waals surface area (Å²) >= 11 is 6.17. The minimum Gasteiger partial charge on any atom is -0.484 e. The molecule has 0 fully saturated rings. The van der Waals surface area contributed by atoms with Gasteiger partial charge in [0.2, 0.25) is 5.91 Å². The fourth-order valence-corrected chi connectivity index (χ4v) is 3.20. The van der Waals surface area contributed by atoms with Gasteiger partial charge in [0, 0.05) is 18.6 Å². The fraction of sp³-hybridized carbons (Fsp3) is 0.364. The van der Waals surface area contributed by atoms with Crippen molar-refractivity contribution >= 4 is 23.4 Å². The van der Waals surface area contributed by atoms with Crippen molar-refractivity contribution in [2.45, 2.75) is 39.8 Å². The van der Waals surface area contributed by atoms with Crippen LogP contribution in [-0.2, 0) is 16.1 Å². The van der Waals surface area contributed by atoms with Gasteiger partial charge in [0.25, 0.3) is 5.91 Å². The number of benzene rings is 2. The molecule has 0 spiro atoms. The Morgan fingerprint density at radius 2 is 1.76 bits per heavy atom. The van der Waals surface area contributed by atoms with E-state index in [9.17, 15) is 14.0 Å². The van der Waals surface area contributed by atoms with Crippen molar-refractivity contribution in [3.05, 3.63) is 63.9 Å². The Hall–Kier alpha value is -2.60. The normalized spacial score (nSPS) is 11.7. The van der Waals surface area contributed by atoms with Crippen LogP contribution in [0.4, 0.5) is 4.39 Å². The van der Waals surface area contributed by atoms with E-state index in [0.717, 1.165) is 16.7 Å². The highest BCUT2D eigenvalue weighted by Gasteiger charge is 2.28. The highest BCUT2D eigenvalue weighted by Crippen LogP contribution is 2.26. The van der Waals surface area contributed by atoms with Gasteiger partial charge in [0.1, 0.15) is 17.6 Å². The SMILES string of the molecule is CC[C@H](C(=O)NC)N(Cc1ccc(F)cc1)C(=O)COc1cc(C)c(Cl)c(C)c1. The van der Waals surface area contributed by atoms with E-state index in [1.807, 2.05) is 20.8 Å². The lowest BCUT2D eigenvalue weighted by Gasteiger charge is -2.30. The monoisotopic (exact) mass is 420 g/mol. The number of amides is 2. The first-order valence-electron chi connectivity index (χ1n) is 9.41. The van der Waals surface area contributed by atoms with Gasteiger partial charge in [-0.15, -0.1) is 0 Å². The second-order valence-electron chi connectivity index (χ2n) is 6.85. The van der Waals surface area contributed by atoms with Crippen LogP contribution in [0.15, 0.2) is 36.4 Å². The van der Waals surface area contributed by atoms with Gasteiger partial charge >= 0.3 is 0 Å². The lowest BCUT2D eigenvalue weighted by Crippen LogP contribution is -2.49. The van der Waals surface area contributed by atoms with Gasteiger partial charge in [-0.25, -0.2) is 4.39 Å². The molecule has 0 aromatic heterocycles. The molecular formula is C22H26ClFN2O3. The van der Waals surface area contributed by atoms with E-state index in [2.05, 4.69) is 5.32 Å². The van der Waals surface area contributed by atoms with E-state index in [4.69, 9.17) is 16.3 Å². The molecule has 7 heteroatoms.